The first kappa shape index (κ1) is 13.3. The molecule has 0 spiro atoms. The monoisotopic (exact) mass is 306 g/mol. The number of carbonyl (C=O) groups is 1. The lowest BCUT2D eigenvalue weighted by Gasteiger charge is -2.00. The summed E-state index contributed by atoms with van der Waals surface area (Å²) in [6, 6.07) is 18.8. The number of thiophene rings is 1. The van der Waals surface area contributed by atoms with Gasteiger partial charge in [-0.1, -0.05) is 35.9 Å². The fourth-order valence-electron chi connectivity index (χ4n) is 2.65. The molecule has 1 aromatic heterocycles. The number of cyclic esters (lactones) is 1. The average Bonchev–Trinajstić information content (AvgIpc) is 3.15. The number of hydrogen-bond donors (Lipinski definition) is 0. The van der Waals surface area contributed by atoms with Gasteiger partial charge in [0.1, 0.15) is 6.61 Å². The van der Waals surface area contributed by atoms with Crippen LogP contribution in [0, 0.1) is 6.92 Å². The van der Waals surface area contributed by atoms with Gasteiger partial charge in [-0.15, -0.1) is 11.3 Å². The minimum absolute atomic E-state index is 0.215. The minimum Gasteiger partial charge on any atom is -0.457 e. The van der Waals surface area contributed by atoms with Crippen molar-refractivity contribution in [2.45, 2.75) is 13.5 Å². The Kier molecular flexibility index (Phi) is 3.09. The van der Waals surface area contributed by atoms with Crippen LogP contribution in [0.25, 0.3) is 20.9 Å². The molecule has 0 saturated carbocycles. The van der Waals surface area contributed by atoms with Crippen LogP contribution in [0.3, 0.4) is 0 Å². The van der Waals surface area contributed by atoms with Gasteiger partial charge in [0.25, 0.3) is 0 Å². The largest absolute Gasteiger partial charge is 0.457 e. The summed E-state index contributed by atoms with van der Waals surface area (Å²) >= 11 is 1.77. The second kappa shape index (κ2) is 5.11. The zero-order chi connectivity index (χ0) is 15.1. The normalized spacial score (nSPS) is 13.0. The SMILES string of the molecule is Cc1ccc(-c2ccc(-c3ccc4c(c3)COC4=O)s2)cc1. The molecule has 0 radical (unpaired) electrons. The third-order valence-electron chi connectivity index (χ3n) is 3.91. The molecule has 0 atom stereocenters. The van der Waals surface area contributed by atoms with E-state index < -0.39 is 0 Å². The van der Waals surface area contributed by atoms with Crippen molar-refractivity contribution in [2.24, 2.45) is 0 Å². The van der Waals surface area contributed by atoms with Crippen LogP contribution < -0.4 is 0 Å². The highest BCUT2D eigenvalue weighted by atomic mass is 32.1. The van der Waals surface area contributed by atoms with E-state index in [2.05, 4.69) is 49.4 Å². The van der Waals surface area contributed by atoms with Crippen molar-refractivity contribution in [1.82, 2.24) is 0 Å². The highest BCUT2D eigenvalue weighted by molar-refractivity contribution is 7.18. The Balaban J connectivity index is 1.70. The number of ether oxygens (including phenoxy) is 1. The standard InChI is InChI=1S/C19H14O2S/c1-12-2-4-13(5-3-12)17-8-9-18(22-17)14-6-7-16-15(10-14)11-21-19(16)20/h2-10H,11H2,1H3. The Morgan fingerprint density at radius 2 is 1.59 bits per heavy atom. The summed E-state index contributed by atoms with van der Waals surface area (Å²) in [6.45, 7) is 2.48. The molecule has 108 valence electrons. The van der Waals surface area contributed by atoms with Gasteiger partial charge < -0.3 is 4.74 Å². The topological polar surface area (TPSA) is 26.3 Å². The van der Waals surface area contributed by atoms with Crippen molar-refractivity contribution in [1.29, 1.82) is 0 Å². The average molecular weight is 306 g/mol. The van der Waals surface area contributed by atoms with E-state index >= 15 is 0 Å². The van der Waals surface area contributed by atoms with E-state index in [0.29, 0.717) is 12.2 Å². The summed E-state index contributed by atoms with van der Waals surface area (Å²) in [4.78, 5) is 14.0. The zero-order valence-electron chi connectivity index (χ0n) is 12.1. The van der Waals surface area contributed by atoms with Crippen LogP contribution >= 0.6 is 11.3 Å². The van der Waals surface area contributed by atoms with Crippen LogP contribution in [0.2, 0.25) is 0 Å². The molecule has 2 heterocycles. The highest BCUT2D eigenvalue weighted by Crippen LogP contribution is 2.36. The molecule has 22 heavy (non-hydrogen) atoms. The summed E-state index contributed by atoms with van der Waals surface area (Å²) in [6.07, 6.45) is 0. The van der Waals surface area contributed by atoms with Crippen molar-refractivity contribution in [2.75, 3.05) is 0 Å². The van der Waals surface area contributed by atoms with Gasteiger partial charge in [0, 0.05) is 15.3 Å². The van der Waals surface area contributed by atoms with Crippen LogP contribution in [-0.4, -0.2) is 5.97 Å². The summed E-state index contributed by atoms with van der Waals surface area (Å²) in [5.74, 6) is -0.215. The highest BCUT2D eigenvalue weighted by Gasteiger charge is 2.21. The molecule has 0 unspecified atom stereocenters. The van der Waals surface area contributed by atoms with E-state index in [1.54, 1.807) is 11.3 Å². The van der Waals surface area contributed by atoms with E-state index in [0.717, 1.165) is 11.1 Å². The molecule has 1 aliphatic heterocycles. The number of benzene rings is 2. The Bertz CT molecular complexity index is 859. The lowest BCUT2D eigenvalue weighted by molar-refractivity contribution is 0.0535. The van der Waals surface area contributed by atoms with Gasteiger partial charge in [-0.05, 0) is 42.3 Å². The molecule has 0 bridgehead atoms. The molecular formula is C19H14O2S. The van der Waals surface area contributed by atoms with E-state index in [9.17, 15) is 4.79 Å². The van der Waals surface area contributed by atoms with E-state index in [1.807, 2.05) is 12.1 Å². The zero-order valence-corrected chi connectivity index (χ0v) is 12.9. The number of carbonyl (C=O) groups excluding carboxylic acids is 1. The predicted octanol–water partition coefficient (Wildman–Crippen LogP) is 5.06. The molecule has 0 fully saturated rings. The molecule has 0 saturated heterocycles. The lowest BCUT2D eigenvalue weighted by atomic mass is 10.1. The van der Waals surface area contributed by atoms with Gasteiger partial charge in [-0.2, -0.15) is 0 Å². The molecule has 0 N–H and O–H groups in total. The lowest BCUT2D eigenvalue weighted by Crippen LogP contribution is -1.92. The van der Waals surface area contributed by atoms with E-state index in [1.165, 1.54) is 20.9 Å². The Morgan fingerprint density at radius 3 is 2.36 bits per heavy atom. The molecule has 2 nitrogen and oxygen atoms in total. The van der Waals surface area contributed by atoms with Crippen molar-refractivity contribution in [3.8, 4) is 20.9 Å². The molecule has 0 amide bonds. The van der Waals surface area contributed by atoms with Crippen molar-refractivity contribution < 1.29 is 9.53 Å². The smallest absolute Gasteiger partial charge is 0.338 e. The van der Waals surface area contributed by atoms with Gasteiger partial charge in [0.05, 0.1) is 5.56 Å². The summed E-state index contributed by atoms with van der Waals surface area (Å²) in [7, 11) is 0. The van der Waals surface area contributed by atoms with Crippen LogP contribution in [0.1, 0.15) is 21.5 Å². The van der Waals surface area contributed by atoms with Crippen molar-refractivity contribution >= 4 is 17.3 Å². The van der Waals surface area contributed by atoms with Crippen LogP contribution in [0.15, 0.2) is 54.6 Å². The summed E-state index contributed by atoms with van der Waals surface area (Å²) in [5, 5.41) is 0. The van der Waals surface area contributed by atoms with Gasteiger partial charge in [-0.3, -0.25) is 0 Å². The predicted molar refractivity (Wildman–Crippen MR) is 89.0 cm³/mol. The fraction of sp³-hybridized carbons (Fsp3) is 0.105. The maximum atomic E-state index is 11.5. The second-order valence-corrected chi connectivity index (χ2v) is 6.56. The minimum atomic E-state index is -0.215. The molecular weight excluding hydrogens is 292 g/mol. The van der Waals surface area contributed by atoms with E-state index in [4.69, 9.17) is 4.74 Å². The maximum Gasteiger partial charge on any atom is 0.338 e. The molecule has 2 aromatic carbocycles. The fourth-order valence-corrected chi connectivity index (χ4v) is 3.66. The number of fused-ring (bicyclic) bond motifs is 1. The van der Waals surface area contributed by atoms with Crippen LogP contribution in [-0.2, 0) is 11.3 Å². The van der Waals surface area contributed by atoms with E-state index in [-0.39, 0.29) is 5.97 Å². The van der Waals surface area contributed by atoms with Crippen molar-refractivity contribution in [3.63, 3.8) is 0 Å². The molecule has 1 aliphatic rings. The third kappa shape index (κ3) is 2.24. The number of esters is 1. The molecule has 0 aliphatic carbocycles. The number of aryl methyl sites for hydroxylation is 1. The molecule has 3 heteroatoms. The number of hydrogen-bond acceptors (Lipinski definition) is 3. The van der Waals surface area contributed by atoms with Gasteiger partial charge in [0.2, 0.25) is 0 Å². The van der Waals surface area contributed by atoms with Gasteiger partial charge in [0.15, 0.2) is 0 Å². The first-order valence-electron chi connectivity index (χ1n) is 7.18. The maximum absolute atomic E-state index is 11.5. The van der Waals surface area contributed by atoms with Crippen LogP contribution in [0.5, 0.6) is 0 Å². The molecule has 4 rings (SSSR count). The van der Waals surface area contributed by atoms with Crippen LogP contribution in [0.4, 0.5) is 0 Å². The summed E-state index contributed by atoms with van der Waals surface area (Å²) < 4.78 is 5.06. The first-order chi connectivity index (χ1) is 10.7. The first-order valence-corrected chi connectivity index (χ1v) is 8.00. The Labute approximate surface area is 133 Å². The Morgan fingerprint density at radius 1 is 0.909 bits per heavy atom. The quantitative estimate of drug-likeness (QED) is 0.618. The summed E-state index contributed by atoms with van der Waals surface area (Å²) in [5.41, 5.74) is 5.32. The second-order valence-electron chi connectivity index (χ2n) is 5.48. The van der Waals surface area contributed by atoms with Gasteiger partial charge >= 0.3 is 5.97 Å². The number of rotatable bonds is 2. The molecule has 3 aromatic rings. The third-order valence-corrected chi connectivity index (χ3v) is 5.09. The van der Waals surface area contributed by atoms with Gasteiger partial charge in [-0.25, -0.2) is 4.79 Å². The van der Waals surface area contributed by atoms with Crippen molar-refractivity contribution in [3.05, 3.63) is 71.3 Å². The Hall–Kier alpha value is -2.39.